The summed E-state index contributed by atoms with van der Waals surface area (Å²) in [5, 5.41) is 22.5. The van der Waals surface area contributed by atoms with E-state index < -0.39 is 4.92 Å². The van der Waals surface area contributed by atoms with Crippen LogP contribution in [0.15, 0.2) is 18.2 Å². The standard InChI is InChI=1S/C14H15N3O3/c1-9-7-11(17(19)20)5-6-12(9)14(18)16-13-4-2-3-10(13)8-15/h5-7,10,13H,2-4H2,1H3,(H,16,18). The van der Waals surface area contributed by atoms with E-state index in [2.05, 4.69) is 11.4 Å². The molecule has 0 spiro atoms. The average molecular weight is 273 g/mol. The molecule has 6 nitrogen and oxygen atoms in total. The highest BCUT2D eigenvalue weighted by Gasteiger charge is 2.29. The summed E-state index contributed by atoms with van der Waals surface area (Å²) in [6, 6.07) is 6.24. The Morgan fingerprint density at radius 3 is 2.85 bits per heavy atom. The van der Waals surface area contributed by atoms with Crippen LogP contribution in [0.4, 0.5) is 5.69 Å². The molecular formula is C14H15N3O3. The molecule has 6 heteroatoms. The number of nitriles is 1. The zero-order valence-corrected chi connectivity index (χ0v) is 11.1. The first-order valence-electron chi connectivity index (χ1n) is 6.48. The van der Waals surface area contributed by atoms with E-state index in [4.69, 9.17) is 5.26 Å². The van der Waals surface area contributed by atoms with Crippen molar-refractivity contribution in [3.8, 4) is 6.07 Å². The van der Waals surface area contributed by atoms with Crippen LogP contribution in [-0.2, 0) is 0 Å². The van der Waals surface area contributed by atoms with Crippen molar-refractivity contribution in [2.75, 3.05) is 0 Å². The lowest BCUT2D eigenvalue weighted by Crippen LogP contribution is -2.37. The number of carbonyl (C=O) groups is 1. The Hall–Kier alpha value is -2.42. The summed E-state index contributed by atoms with van der Waals surface area (Å²) in [6.07, 6.45) is 2.54. The number of nitro groups is 1. The number of nitro benzene ring substituents is 1. The van der Waals surface area contributed by atoms with Gasteiger partial charge in [0, 0.05) is 23.7 Å². The van der Waals surface area contributed by atoms with Crippen molar-refractivity contribution in [1.29, 1.82) is 5.26 Å². The van der Waals surface area contributed by atoms with Gasteiger partial charge < -0.3 is 5.32 Å². The lowest BCUT2D eigenvalue weighted by Gasteiger charge is -2.16. The molecular weight excluding hydrogens is 258 g/mol. The number of benzene rings is 1. The van der Waals surface area contributed by atoms with Crippen LogP contribution in [0, 0.1) is 34.3 Å². The Bertz CT molecular complexity index is 592. The molecule has 1 fully saturated rings. The Balaban J connectivity index is 2.14. The minimum Gasteiger partial charge on any atom is -0.348 e. The molecule has 2 rings (SSSR count). The molecule has 20 heavy (non-hydrogen) atoms. The highest BCUT2D eigenvalue weighted by atomic mass is 16.6. The first-order valence-corrected chi connectivity index (χ1v) is 6.48. The van der Waals surface area contributed by atoms with Gasteiger partial charge in [0.15, 0.2) is 0 Å². The quantitative estimate of drug-likeness (QED) is 0.675. The number of hydrogen-bond donors (Lipinski definition) is 1. The van der Waals surface area contributed by atoms with Crippen molar-refractivity contribution < 1.29 is 9.72 Å². The van der Waals surface area contributed by atoms with Crippen LogP contribution in [0.1, 0.15) is 35.2 Å². The summed E-state index contributed by atoms with van der Waals surface area (Å²) in [5.41, 5.74) is 0.942. The van der Waals surface area contributed by atoms with E-state index in [1.807, 2.05) is 0 Å². The molecule has 104 valence electrons. The summed E-state index contributed by atoms with van der Waals surface area (Å²) in [5.74, 6) is -0.415. The molecule has 1 N–H and O–H groups in total. The van der Waals surface area contributed by atoms with Gasteiger partial charge >= 0.3 is 0 Å². The zero-order valence-electron chi connectivity index (χ0n) is 11.1. The lowest BCUT2D eigenvalue weighted by atomic mass is 10.0. The number of nitrogens with zero attached hydrogens (tertiary/aromatic N) is 2. The third-order valence-corrected chi connectivity index (χ3v) is 3.66. The summed E-state index contributed by atoms with van der Waals surface area (Å²) < 4.78 is 0. The van der Waals surface area contributed by atoms with E-state index in [1.54, 1.807) is 6.92 Å². The number of non-ortho nitro benzene ring substituents is 1. The van der Waals surface area contributed by atoms with Crippen LogP contribution in [0.25, 0.3) is 0 Å². The predicted octanol–water partition coefficient (Wildman–Crippen LogP) is 2.33. The van der Waals surface area contributed by atoms with Crippen molar-refractivity contribution in [2.24, 2.45) is 5.92 Å². The fourth-order valence-corrected chi connectivity index (χ4v) is 2.55. The van der Waals surface area contributed by atoms with Crippen LogP contribution >= 0.6 is 0 Å². The average Bonchev–Trinajstić information content (AvgIpc) is 2.85. The number of rotatable bonds is 3. The molecule has 0 bridgehead atoms. The topological polar surface area (TPSA) is 96.0 Å². The van der Waals surface area contributed by atoms with E-state index in [0.29, 0.717) is 11.1 Å². The van der Waals surface area contributed by atoms with Gasteiger partial charge in [-0.2, -0.15) is 5.26 Å². The highest BCUT2D eigenvalue weighted by molar-refractivity contribution is 5.96. The lowest BCUT2D eigenvalue weighted by molar-refractivity contribution is -0.384. The molecule has 2 atom stereocenters. The molecule has 1 aromatic carbocycles. The summed E-state index contributed by atoms with van der Waals surface area (Å²) in [4.78, 5) is 22.3. The maximum Gasteiger partial charge on any atom is 0.269 e. The number of aryl methyl sites for hydroxylation is 1. The number of carbonyl (C=O) groups excluding carboxylic acids is 1. The van der Waals surface area contributed by atoms with Gasteiger partial charge in [0.25, 0.3) is 11.6 Å². The largest absolute Gasteiger partial charge is 0.348 e. The summed E-state index contributed by atoms with van der Waals surface area (Å²) in [6.45, 7) is 1.67. The molecule has 0 radical (unpaired) electrons. The number of nitrogens with one attached hydrogen (secondary N) is 1. The van der Waals surface area contributed by atoms with E-state index in [1.165, 1.54) is 18.2 Å². The molecule has 0 saturated heterocycles. The second-order valence-electron chi connectivity index (χ2n) is 5.00. The van der Waals surface area contributed by atoms with Crippen LogP contribution in [0.5, 0.6) is 0 Å². The highest BCUT2D eigenvalue weighted by Crippen LogP contribution is 2.25. The molecule has 1 saturated carbocycles. The third-order valence-electron chi connectivity index (χ3n) is 3.66. The molecule has 1 aliphatic rings. The smallest absolute Gasteiger partial charge is 0.269 e. The Labute approximate surface area is 116 Å². The maximum atomic E-state index is 12.2. The van der Waals surface area contributed by atoms with Crippen LogP contribution in [0.3, 0.4) is 0 Å². The zero-order chi connectivity index (χ0) is 14.7. The van der Waals surface area contributed by atoms with E-state index in [9.17, 15) is 14.9 Å². The molecule has 0 aromatic heterocycles. The van der Waals surface area contributed by atoms with E-state index in [0.717, 1.165) is 19.3 Å². The fraction of sp³-hybridized carbons (Fsp3) is 0.429. The second kappa shape index (κ2) is 5.70. The van der Waals surface area contributed by atoms with Gasteiger partial charge in [0.1, 0.15) is 0 Å². The van der Waals surface area contributed by atoms with Gasteiger partial charge in [-0.15, -0.1) is 0 Å². The van der Waals surface area contributed by atoms with Crippen molar-refractivity contribution in [1.82, 2.24) is 5.32 Å². The molecule has 2 unspecified atom stereocenters. The fourth-order valence-electron chi connectivity index (χ4n) is 2.55. The van der Waals surface area contributed by atoms with Crippen molar-refractivity contribution in [3.63, 3.8) is 0 Å². The molecule has 1 aromatic rings. The Morgan fingerprint density at radius 2 is 2.25 bits per heavy atom. The monoisotopic (exact) mass is 273 g/mol. The predicted molar refractivity (Wildman–Crippen MR) is 72.0 cm³/mol. The van der Waals surface area contributed by atoms with Crippen molar-refractivity contribution in [3.05, 3.63) is 39.4 Å². The SMILES string of the molecule is Cc1cc([N+](=O)[O-])ccc1C(=O)NC1CCCC1C#N. The van der Waals surface area contributed by atoms with Gasteiger partial charge in [-0.1, -0.05) is 0 Å². The van der Waals surface area contributed by atoms with Crippen LogP contribution in [-0.4, -0.2) is 16.9 Å². The Kier molecular flexibility index (Phi) is 3.99. The van der Waals surface area contributed by atoms with Gasteiger partial charge in [-0.3, -0.25) is 14.9 Å². The maximum absolute atomic E-state index is 12.2. The van der Waals surface area contributed by atoms with Gasteiger partial charge in [0.2, 0.25) is 0 Å². The Morgan fingerprint density at radius 1 is 1.50 bits per heavy atom. The number of hydrogen-bond acceptors (Lipinski definition) is 4. The third kappa shape index (κ3) is 2.77. The first-order chi connectivity index (χ1) is 9.52. The second-order valence-corrected chi connectivity index (χ2v) is 5.00. The van der Waals surface area contributed by atoms with Gasteiger partial charge in [-0.05, 0) is 37.8 Å². The van der Waals surface area contributed by atoms with Crippen molar-refractivity contribution >= 4 is 11.6 Å². The van der Waals surface area contributed by atoms with Gasteiger partial charge in [-0.25, -0.2) is 0 Å². The van der Waals surface area contributed by atoms with Crippen LogP contribution in [0.2, 0.25) is 0 Å². The molecule has 1 amide bonds. The normalized spacial score (nSPS) is 21.2. The first kappa shape index (κ1) is 14.0. The molecule has 0 aliphatic heterocycles. The number of amides is 1. The molecule has 1 aliphatic carbocycles. The van der Waals surface area contributed by atoms with Crippen molar-refractivity contribution in [2.45, 2.75) is 32.2 Å². The van der Waals surface area contributed by atoms with Gasteiger partial charge in [0.05, 0.1) is 16.9 Å². The van der Waals surface area contributed by atoms with Crippen LogP contribution < -0.4 is 5.32 Å². The van der Waals surface area contributed by atoms with E-state index >= 15 is 0 Å². The summed E-state index contributed by atoms with van der Waals surface area (Å²) in [7, 11) is 0. The van der Waals surface area contributed by atoms with E-state index in [-0.39, 0.29) is 23.6 Å². The molecule has 0 heterocycles. The minimum atomic E-state index is -0.489. The minimum absolute atomic E-state index is 0.0326. The summed E-state index contributed by atoms with van der Waals surface area (Å²) >= 11 is 0.